The fourth-order valence-electron chi connectivity index (χ4n) is 6.93. The average Bonchev–Trinajstić information content (AvgIpc) is 3.55. The molecular weight excluding hydrogens is 490 g/mol. The number of fused-ring (bicyclic) bond motifs is 2. The molecule has 2 amide bonds. The van der Waals surface area contributed by atoms with Crippen LogP contribution in [0.1, 0.15) is 39.5 Å². The van der Waals surface area contributed by atoms with E-state index in [1.54, 1.807) is 22.6 Å². The standard InChI is InChI=1S/C27H35N5O6/c1-4-12-30(16-32-19-11-7-6-10-18(19)28-29-32)24(35)22-27-15-17(2)26(3,38-27)21(25(36)37)20(27)23(34)31(22)13-8-5-9-14-33/h4,6-7,10-11,17,20-22,33H,1,5,8-9,12-16H2,2-3H3,(H,36,37)/t17?,20-,21+,22?,26-,27?/m0/s1. The van der Waals surface area contributed by atoms with E-state index in [2.05, 4.69) is 16.9 Å². The number of aliphatic carboxylic acids is 1. The zero-order valence-electron chi connectivity index (χ0n) is 21.8. The molecule has 5 rings (SSSR count). The van der Waals surface area contributed by atoms with Gasteiger partial charge in [-0.05, 0) is 50.7 Å². The van der Waals surface area contributed by atoms with E-state index in [4.69, 9.17) is 4.74 Å². The minimum absolute atomic E-state index is 0.0436. The topological polar surface area (TPSA) is 138 Å². The number of carbonyl (C=O) groups is 3. The lowest BCUT2D eigenvalue weighted by molar-refractivity contribution is -0.158. The molecule has 1 aromatic carbocycles. The molecule has 11 nitrogen and oxygen atoms in total. The Hall–Kier alpha value is -3.31. The zero-order chi connectivity index (χ0) is 27.2. The number of benzene rings is 1. The molecule has 3 fully saturated rings. The van der Waals surface area contributed by atoms with Crippen LogP contribution in [-0.4, -0.2) is 89.7 Å². The van der Waals surface area contributed by atoms with Crippen molar-refractivity contribution in [3.63, 3.8) is 0 Å². The molecule has 38 heavy (non-hydrogen) atoms. The van der Waals surface area contributed by atoms with Gasteiger partial charge >= 0.3 is 5.97 Å². The molecule has 204 valence electrons. The van der Waals surface area contributed by atoms with Crippen molar-refractivity contribution in [2.75, 3.05) is 19.7 Å². The molecule has 3 unspecified atom stereocenters. The van der Waals surface area contributed by atoms with Crippen LogP contribution in [0.25, 0.3) is 11.0 Å². The minimum atomic E-state index is -1.23. The van der Waals surface area contributed by atoms with Crippen LogP contribution in [0, 0.1) is 17.8 Å². The summed E-state index contributed by atoms with van der Waals surface area (Å²) in [4.78, 5) is 43.9. The molecule has 1 spiro atoms. The molecule has 2 bridgehead atoms. The monoisotopic (exact) mass is 525 g/mol. The normalized spacial score (nSPS) is 31.7. The summed E-state index contributed by atoms with van der Waals surface area (Å²) in [5, 5.41) is 27.8. The molecule has 2 aromatic rings. The van der Waals surface area contributed by atoms with Crippen LogP contribution >= 0.6 is 0 Å². The Bertz CT molecular complexity index is 1260. The number of aliphatic hydroxyl groups is 1. The maximum atomic E-state index is 14.4. The van der Waals surface area contributed by atoms with Gasteiger partial charge in [0.15, 0.2) is 0 Å². The highest BCUT2D eigenvalue weighted by Crippen LogP contribution is 2.65. The number of aliphatic hydroxyl groups excluding tert-OH is 1. The van der Waals surface area contributed by atoms with Gasteiger partial charge in [0, 0.05) is 19.7 Å². The smallest absolute Gasteiger partial charge is 0.310 e. The fraction of sp³-hybridized carbons (Fsp3) is 0.593. The van der Waals surface area contributed by atoms with E-state index in [1.165, 1.54) is 4.90 Å². The van der Waals surface area contributed by atoms with Gasteiger partial charge in [0.1, 0.15) is 29.7 Å². The number of carboxylic acids is 1. The number of unbranched alkanes of at least 4 members (excludes halogenated alkanes) is 2. The first-order chi connectivity index (χ1) is 18.2. The van der Waals surface area contributed by atoms with E-state index in [0.717, 1.165) is 5.52 Å². The van der Waals surface area contributed by atoms with Crippen molar-refractivity contribution in [2.24, 2.45) is 17.8 Å². The van der Waals surface area contributed by atoms with Crippen LogP contribution in [-0.2, 0) is 25.8 Å². The van der Waals surface area contributed by atoms with Gasteiger partial charge in [-0.25, -0.2) is 4.68 Å². The molecule has 3 aliphatic rings. The molecule has 2 N–H and O–H groups in total. The number of hydrogen-bond donors (Lipinski definition) is 2. The number of ether oxygens (including phenoxy) is 1. The molecule has 0 saturated carbocycles. The lowest BCUT2D eigenvalue weighted by Crippen LogP contribution is -2.56. The van der Waals surface area contributed by atoms with Crippen molar-refractivity contribution in [3.05, 3.63) is 36.9 Å². The van der Waals surface area contributed by atoms with Gasteiger partial charge in [-0.15, -0.1) is 11.7 Å². The molecule has 3 saturated heterocycles. The van der Waals surface area contributed by atoms with Gasteiger partial charge in [-0.1, -0.05) is 30.3 Å². The summed E-state index contributed by atoms with van der Waals surface area (Å²) in [7, 11) is 0. The van der Waals surface area contributed by atoms with E-state index >= 15 is 0 Å². The van der Waals surface area contributed by atoms with Gasteiger partial charge in [-0.3, -0.25) is 14.4 Å². The lowest BCUT2D eigenvalue weighted by Gasteiger charge is -2.37. The first kappa shape index (κ1) is 26.3. The van der Waals surface area contributed by atoms with Crippen molar-refractivity contribution in [1.29, 1.82) is 0 Å². The van der Waals surface area contributed by atoms with Crippen LogP contribution in [0.4, 0.5) is 0 Å². The van der Waals surface area contributed by atoms with Crippen molar-refractivity contribution < 1.29 is 29.3 Å². The third-order valence-electron chi connectivity index (χ3n) is 8.76. The SMILES string of the molecule is C=CCN(Cn1nnc2ccccc21)C(=O)C1N(CCCCCO)C(=O)[C@@H]2[C@H](C(=O)O)[C@@]3(C)OC12CC3C. The predicted octanol–water partition coefficient (Wildman–Crippen LogP) is 1.66. The Balaban J connectivity index is 1.53. The molecule has 4 heterocycles. The predicted molar refractivity (Wildman–Crippen MR) is 136 cm³/mol. The lowest BCUT2D eigenvalue weighted by atomic mass is 9.62. The number of carboxylic acid groups (broad SMARTS) is 1. The third-order valence-corrected chi connectivity index (χ3v) is 8.76. The largest absolute Gasteiger partial charge is 0.481 e. The zero-order valence-corrected chi connectivity index (χ0v) is 21.8. The Morgan fingerprint density at radius 1 is 1.29 bits per heavy atom. The van der Waals surface area contributed by atoms with Gasteiger partial charge < -0.3 is 24.7 Å². The van der Waals surface area contributed by atoms with Crippen LogP contribution in [0.2, 0.25) is 0 Å². The van der Waals surface area contributed by atoms with Crippen molar-refractivity contribution in [3.8, 4) is 0 Å². The quantitative estimate of drug-likeness (QED) is 0.334. The third kappa shape index (κ3) is 3.82. The number of amides is 2. The number of likely N-dealkylation sites (tertiary alicyclic amines) is 1. The summed E-state index contributed by atoms with van der Waals surface area (Å²) in [6.07, 6.45) is 3.88. The number of hydrogen-bond acceptors (Lipinski definition) is 7. The number of rotatable bonds is 11. The number of carbonyl (C=O) groups excluding carboxylic acids is 2. The van der Waals surface area contributed by atoms with Crippen molar-refractivity contribution >= 4 is 28.8 Å². The average molecular weight is 526 g/mol. The first-order valence-corrected chi connectivity index (χ1v) is 13.2. The number of nitrogens with zero attached hydrogens (tertiary/aromatic N) is 5. The minimum Gasteiger partial charge on any atom is -0.481 e. The highest BCUT2D eigenvalue weighted by molar-refractivity contribution is 5.98. The highest BCUT2D eigenvalue weighted by atomic mass is 16.5. The molecule has 1 aromatic heterocycles. The summed E-state index contributed by atoms with van der Waals surface area (Å²) in [6, 6.07) is 6.46. The van der Waals surface area contributed by atoms with E-state index in [0.29, 0.717) is 31.2 Å². The Morgan fingerprint density at radius 2 is 2.05 bits per heavy atom. The molecule has 0 radical (unpaired) electrons. The van der Waals surface area contributed by atoms with Gasteiger partial charge in [0.2, 0.25) is 11.8 Å². The summed E-state index contributed by atoms with van der Waals surface area (Å²) in [5.74, 6) is -3.88. The van der Waals surface area contributed by atoms with Gasteiger partial charge in [0.25, 0.3) is 0 Å². The van der Waals surface area contributed by atoms with Gasteiger partial charge in [0.05, 0.1) is 17.0 Å². The van der Waals surface area contributed by atoms with Crippen LogP contribution in [0.15, 0.2) is 36.9 Å². The van der Waals surface area contributed by atoms with E-state index in [-0.39, 0.29) is 44.1 Å². The summed E-state index contributed by atoms with van der Waals surface area (Å²) in [5.41, 5.74) is -0.813. The van der Waals surface area contributed by atoms with Crippen LogP contribution in [0.3, 0.4) is 0 Å². The van der Waals surface area contributed by atoms with Crippen molar-refractivity contribution in [1.82, 2.24) is 24.8 Å². The highest BCUT2D eigenvalue weighted by Gasteiger charge is 2.80. The Morgan fingerprint density at radius 3 is 2.76 bits per heavy atom. The summed E-state index contributed by atoms with van der Waals surface area (Å²) < 4.78 is 8.19. The van der Waals surface area contributed by atoms with Crippen LogP contribution in [0.5, 0.6) is 0 Å². The second-order valence-electron chi connectivity index (χ2n) is 10.9. The fourth-order valence-corrected chi connectivity index (χ4v) is 6.93. The Kier molecular flexibility index (Phi) is 6.77. The molecule has 6 atom stereocenters. The number of aromatic nitrogens is 3. The van der Waals surface area contributed by atoms with Crippen molar-refractivity contribution in [2.45, 2.75) is 63.4 Å². The summed E-state index contributed by atoms with van der Waals surface area (Å²) >= 11 is 0. The second-order valence-corrected chi connectivity index (χ2v) is 10.9. The van der Waals surface area contributed by atoms with E-state index in [1.807, 2.05) is 31.2 Å². The molecule has 0 aliphatic carbocycles. The number of para-hydroxylation sites is 1. The molecular formula is C27H35N5O6. The van der Waals surface area contributed by atoms with E-state index < -0.39 is 35.0 Å². The van der Waals surface area contributed by atoms with Gasteiger partial charge in [-0.2, -0.15) is 0 Å². The van der Waals surface area contributed by atoms with Crippen LogP contribution < -0.4 is 0 Å². The van der Waals surface area contributed by atoms with E-state index in [9.17, 15) is 24.6 Å². The maximum Gasteiger partial charge on any atom is 0.310 e. The first-order valence-electron chi connectivity index (χ1n) is 13.2. The Labute approximate surface area is 221 Å². The molecule has 11 heteroatoms. The second kappa shape index (κ2) is 9.77. The maximum absolute atomic E-state index is 14.4. The molecule has 3 aliphatic heterocycles. The summed E-state index contributed by atoms with van der Waals surface area (Å²) in [6.45, 7) is 8.12.